The lowest BCUT2D eigenvalue weighted by Crippen LogP contribution is -1.91. The molecule has 0 spiro atoms. The molecule has 0 radical (unpaired) electrons. The first-order chi connectivity index (χ1) is 11.3. The zero-order valence-electron chi connectivity index (χ0n) is 12.3. The summed E-state index contributed by atoms with van der Waals surface area (Å²) in [7, 11) is 0. The average molecular weight is 304 g/mol. The number of rotatable bonds is 3. The molecule has 6 nitrogen and oxygen atoms in total. The second-order valence-corrected chi connectivity index (χ2v) is 4.96. The first-order valence-corrected chi connectivity index (χ1v) is 7.08. The van der Waals surface area contributed by atoms with Gasteiger partial charge in [-0.1, -0.05) is 29.4 Å². The van der Waals surface area contributed by atoms with E-state index in [2.05, 4.69) is 20.1 Å². The second-order valence-electron chi connectivity index (χ2n) is 4.96. The van der Waals surface area contributed by atoms with Gasteiger partial charge in [0.15, 0.2) is 0 Å². The van der Waals surface area contributed by atoms with E-state index in [-0.39, 0.29) is 0 Å². The van der Waals surface area contributed by atoms with Gasteiger partial charge in [0.25, 0.3) is 0 Å². The summed E-state index contributed by atoms with van der Waals surface area (Å²) in [6, 6.07) is 15.2. The molecule has 0 unspecified atom stereocenters. The summed E-state index contributed by atoms with van der Waals surface area (Å²) in [5, 5.41) is 4.77. The molecule has 4 rings (SSSR count). The van der Waals surface area contributed by atoms with Crippen LogP contribution in [0, 0.1) is 6.92 Å². The number of aryl methyl sites for hydroxylation is 1. The van der Waals surface area contributed by atoms with Gasteiger partial charge in [0, 0.05) is 12.5 Å². The van der Waals surface area contributed by atoms with Crippen molar-refractivity contribution in [3.8, 4) is 23.0 Å². The molecule has 112 valence electrons. The van der Waals surface area contributed by atoms with Crippen LogP contribution >= 0.6 is 0 Å². The number of para-hydroxylation sites is 1. The SMILES string of the molecule is Cc1nc(-c2cccc(Oc3ncnc4ccccc34)c2)no1. The largest absolute Gasteiger partial charge is 0.438 e. The molecular formula is C17H12N4O2. The van der Waals surface area contributed by atoms with Crippen LogP contribution in [-0.2, 0) is 0 Å². The third kappa shape index (κ3) is 2.62. The van der Waals surface area contributed by atoms with E-state index in [0.717, 1.165) is 16.5 Å². The molecule has 0 bridgehead atoms. The average Bonchev–Trinajstić information content (AvgIpc) is 3.02. The zero-order chi connectivity index (χ0) is 15.6. The molecule has 0 atom stereocenters. The fraction of sp³-hybridized carbons (Fsp3) is 0.0588. The molecule has 6 heteroatoms. The van der Waals surface area contributed by atoms with Crippen LogP contribution in [0.2, 0.25) is 0 Å². The summed E-state index contributed by atoms with van der Waals surface area (Å²) in [6.07, 6.45) is 1.49. The Morgan fingerprint density at radius 3 is 2.78 bits per heavy atom. The molecule has 2 heterocycles. The van der Waals surface area contributed by atoms with Crippen molar-refractivity contribution in [1.82, 2.24) is 20.1 Å². The van der Waals surface area contributed by atoms with Gasteiger partial charge < -0.3 is 9.26 Å². The van der Waals surface area contributed by atoms with Gasteiger partial charge in [0.05, 0.1) is 10.9 Å². The third-order valence-electron chi connectivity index (χ3n) is 3.34. The Balaban J connectivity index is 1.71. The summed E-state index contributed by atoms with van der Waals surface area (Å²) in [4.78, 5) is 12.7. The van der Waals surface area contributed by atoms with Crippen molar-refractivity contribution < 1.29 is 9.26 Å². The smallest absolute Gasteiger partial charge is 0.230 e. The molecule has 0 saturated heterocycles. The number of benzene rings is 2. The minimum atomic E-state index is 0.511. The van der Waals surface area contributed by atoms with Crippen LogP contribution in [-0.4, -0.2) is 20.1 Å². The highest BCUT2D eigenvalue weighted by molar-refractivity contribution is 5.83. The van der Waals surface area contributed by atoms with Crippen LogP contribution in [0.3, 0.4) is 0 Å². The Morgan fingerprint density at radius 2 is 1.91 bits per heavy atom. The minimum Gasteiger partial charge on any atom is -0.438 e. The van der Waals surface area contributed by atoms with Crippen LogP contribution in [0.4, 0.5) is 0 Å². The zero-order valence-corrected chi connectivity index (χ0v) is 12.3. The number of ether oxygens (including phenoxy) is 1. The van der Waals surface area contributed by atoms with Crippen molar-refractivity contribution in [2.75, 3.05) is 0 Å². The van der Waals surface area contributed by atoms with E-state index in [1.807, 2.05) is 48.5 Å². The van der Waals surface area contributed by atoms with E-state index < -0.39 is 0 Å². The van der Waals surface area contributed by atoms with Crippen LogP contribution < -0.4 is 4.74 Å². The molecule has 4 aromatic rings. The topological polar surface area (TPSA) is 73.9 Å². The molecule has 23 heavy (non-hydrogen) atoms. The molecule has 0 amide bonds. The van der Waals surface area contributed by atoms with Gasteiger partial charge in [-0.3, -0.25) is 0 Å². The lowest BCUT2D eigenvalue weighted by Gasteiger charge is -2.07. The lowest BCUT2D eigenvalue weighted by atomic mass is 10.2. The van der Waals surface area contributed by atoms with E-state index in [4.69, 9.17) is 9.26 Å². The number of hydrogen-bond donors (Lipinski definition) is 0. The Morgan fingerprint density at radius 1 is 1.00 bits per heavy atom. The molecular weight excluding hydrogens is 292 g/mol. The first-order valence-electron chi connectivity index (χ1n) is 7.08. The fourth-order valence-corrected chi connectivity index (χ4v) is 2.29. The maximum absolute atomic E-state index is 5.92. The molecule has 0 N–H and O–H groups in total. The highest BCUT2D eigenvalue weighted by Crippen LogP contribution is 2.28. The van der Waals surface area contributed by atoms with Gasteiger partial charge in [-0.15, -0.1) is 0 Å². The number of aromatic nitrogens is 4. The maximum atomic E-state index is 5.92. The summed E-state index contributed by atoms with van der Waals surface area (Å²) in [5.74, 6) is 2.21. The van der Waals surface area contributed by atoms with Gasteiger partial charge in [-0.05, 0) is 24.3 Å². The van der Waals surface area contributed by atoms with Crippen molar-refractivity contribution >= 4 is 10.9 Å². The molecule has 0 saturated carbocycles. The van der Waals surface area contributed by atoms with Gasteiger partial charge in [-0.25, -0.2) is 9.97 Å². The molecule has 2 aromatic heterocycles. The monoisotopic (exact) mass is 304 g/mol. The van der Waals surface area contributed by atoms with Gasteiger partial charge in [0.1, 0.15) is 12.1 Å². The first kappa shape index (κ1) is 13.4. The standard InChI is InChI=1S/C17H12N4O2/c1-11-20-16(21-23-11)12-5-4-6-13(9-12)22-17-14-7-2-3-8-15(14)18-10-19-17/h2-10H,1H3. The predicted molar refractivity (Wildman–Crippen MR) is 84.1 cm³/mol. The predicted octanol–water partition coefficient (Wildman–Crippen LogP) is 3.78. The van der Waals surface area contributed by atoms with Gasteiger partial charge in [-0.2, -0.15) is 4.98 Å². The van der Waals surface area contributed by atoms with E-state index in [1.165, 1.54) is 6.33 Å². The number of fused-ring (bicyclic) bond motifs is 1. The molecule has 0 aliphatic carbocycles. The summed E-state index contributed by atoms with van der Waals surface area (Å²) in [5.41, 5.74) is 1.65. The van der Waals surface area contributed by atoms with Crippen molar-refractivity contribution in [2.45, 2.75) is 6.92 Å². The summed E-state index contributed by atoms with van der Waals surface area (Å²) >= 11 is 0. The second kappa shape index (κ2) is 5.49. The Labute approximate surface area is 131 Å². The van der Waals surface area contributed by atoms with Crippen LogP contribution in [0.1, 0.15) is 5.89 Å². The highest BCUT2D eigenvalue weighted by Gasteiger charge is 2.09. The van der Waals surface area contributed by atoms with Crippen LogP contribution in [0.25, 0.3) is 22.3 Å². The van der Waals surface area contributed by atoms with Crippen molar-refractivity contribution in [3.05, 3.63) is 60.7 Å². The van der Waals surface area contributed by atoms with Gasteiger partial charge >= 0.3 is 0 Å². The third-order valence-corrected chi connectivity index (χ3v) is 3.34. The number of nitrogens with zero attached hydrogens (tertiary/aromatic N) is 4. The Hall–Kier alpha value is -3.28. The Kier molecular flexibility index (Phi) is 3.20. The van der Waals surface area contributed by atoms with E-state index >= 15 is 0 Å². The molecule has 2 aromatic carbocycles. The van der Waals surface area contributed by atoms with Crippen LogP contribution in [0.15, 0.2) is 59.4 Å². The molecule has 0 fully saturated rings. The van der Waals surface area contributed by atoms with E-state index in [1.54, 1.807) is 6.92 Å². The van der Waals surface area contributed by atoms with Crippen molar-refractivity contribution in [2.24, 2.45) is 0 Å². The highest BCUT2D eigenvalue weighted by atomic mass is 16.5. The summed E-state index contributed by atoms with van der Waals surface area (Å²) < 4.78 is 10.9. The Bertz CT molecular complexity index is 976. The number of hydrogen-bond acceptors (Lipinski definition) is 6. The maximum Gasteiger partial charge on any atom is 0.230 e. The fourth-order valence-electron chi connectivity index (χ4n) is 2.29. The van der Waals surface area contributed by atoms with Crippen molar-refractivity contribution in [1.29, 1.82) is 0 Å². The van der Waals surface area contributed by atoms with Crippen molar-refractivity contribution in [3.63, 3.8) is 0 Å². The lowest BCUT2D eigenvalue weighted by molar-refractivity contribution is 0.394. The van der Waals surface area contributed by atoms with Gasteiger partial charge in [0.2, 0.25) is 17.6 Å². The quantitative estimate of drug-likeness (QED) is 0.573. The normalized spacial score (nSPS) is 10.8. The van der Waals surface area contributed by atoms with E-state index in [0.29, 0.717) is 23.3 Å². The molecule has 0 aliphatic rings. The minimum absolute atomic E-state index is 0.511. The molecule has 0 aliphatic heterocycles. The summed E-state index contributed by atoms with van der Waals surface area (Å²) in [6.45, 7) is 1.75. The van der Waals surface area contributed by atoms with Crippen LogP contribution in [0.5, 0.6) is 11.6 Å². The van der Waals surface area contributed by atoms with E-state index in [9.17, 15) is 0 Å².